The fourth-order valence-electron chi connectivity index (χ4n) is 1.30. The van der Waals surface area contributed by atoms with Crippen LogP contribution >= 0.6 is 0 Å². The minimum absolute atomic E-state index is 0.0356. The van der Waals surface area contributed by atoms with Crippen LogP contribution in [-0.2, 0) is 4.74 Å². The number of para-hydroxylation sites is 1. The lowest BCUT2D eigenvalue weighted by Gasteiger charge is -2.10. The first-order chi connectivity index (χ1) is 8.52. The van der Waals surface area contributed by atoms with Crippen molar-refractivity contribution in [1.29, 1.82) is 0 Å². The molecule has 2 N–H and O–H groups in total. The Balaban J connectivity index is 2.53. The van der Waals surface area contributed by atoms with Gasteiger partial charge in [0.05, 0.1) is 17.9 Å². The van der Waals surface area contributed by atoms with Gasteiger partial charge in [-0.3, -0.25) is 0 Å². The molecule has 1 rings (SSSR count). The van der Waals surface area contributed by atoms with Gasteiger partial charge in [-0.2, -0.15) is 0 Å². The molecular formula is C11H12F3NO3. The summed E-state index contributed by atoms with van der Waals surface area (Å²) in [6.45, 7) is -0.740. The maximum atomic E-state index is 13.4. The summed E-state index contributed by atoms with van der Waals surface area (Å²) in [5.41, 5.74) is -0.394. The lowest BCUT2D eigenvalue weighted by molar-refractivity contribution is 0.0215. The largest absolute Gasteiger partial charge is 0.478 e. The van der Waals surface area contributed by atoms with Crippen LogP contribution in [0.4, 0.5) is 18.9 Å². The summed E-state index contributed by atoms with van der Waals surface area (Å²) in [5.74, 6) is -1.99. The van der Waals surface area contributed by atoms with Gasteiger partial charge in [0.2, 0.25) is 0 Å². The van der Waals surface area contributed by atoms with Gasteiger partial charge in [0.25, 0.3) is 6.43 Å². The van der Waals surface area contributed by atoms with Gasteiger partial charge in [-0.25, -0.2) is 18.0 Å². The predicted octanol–water partition coefficient (Wildman–Crippen LogP) is 2.22. The number of hydrogen-bond donors (Lipinski definition) is 2. The van der Waals surface area contributed by atoms with Crippen molar-refractivity contribution >= 4 is 11.7 Å². The molecule has 0 radical (unpaired) electrons. The van der Waals surface area contributed by atoms with E-state index in [1.807, 2.05) is 0 Å². The molecule has 0 fully saturated rings. The van der Waals surface area contributed by atoms with E-state index in [0.29, 0.717) is 0 Å². The predicted molar refractivity (Wildman–Crippen MR) is 58.7 cm³/mol. The van der Waals surface area contributed by atoms with Crippen molar-refractivity contribution in [2.24, 2.45) is 0 Å². The Hall–Kier alpha value is -1.76. The molecule has 0 spiro atoms. The van der Waals surface area contributed by atoms with Crippen LogP contribution in [-0.4, -0.2) is 37.3 Å². The molecule has 7 heteroatoms. The molecule has 0 bridgehead atoms. The lowest BCUT2D eigenvalue weighted by Crippen LogP contribution is -2.15. The van der Waals surface area contributed by atoms with Gasteiger partial charge in [0.1, 0.15) is 12.4 Å². The first kappa shape index (κ1) is 14.3. The van der Waals surface area contributed by atoms with Crippen molar-refractivity contribution < 1.29 is 27.8 Å². The number of nitrogens with one attached hydrogen (secondary N) is 1. The van der Waals surface area contributed by atoms with Gasteiger partial charge in [-0.1, -0.05) is 6.07 Å². The van der Waals surface area contributed by atoms with Gasteiger partial charge in [-0.15, -0.1) is 0 Å². The molecular weight excluding hydrogens is 251 g/mol. The lowest BCUT2D eigenvalue weighted by atomic mass is 10.1. The van der Waals surface area contributed by atoms with E-state index in [1.54, 1.807) is 0 Å². The van der Waals surface area contributed by atoms with Crippen molar-refractivity contribution in [3.63, 3.8) is 0 Å². The summed E-state index contributed by atoms with van der Waals surface area (Å²) in [7, 11) is 0. The summed E-state index contributed by atoms with van der Waals surface area (Å²) in [6, 6.07) is 3.62. The van der Waals surface area contributed by atoms with Crippen molar-refractivity contribution in [1.82, 2.24) is 0 Å². The molecule has 0 aliphatic heterocycles. The molecule has 0 saturated heterocycles. The molecule has 100 valence electrons. The molecule has 1 aromatic rings. The minimum atomic E-state index is -2.56. The quantitative estimate of drug-likeness (QED) is 0.740. The van der Waals surface area contributed by atoms with E-state index in [0.717, 1.165) is 6.07 Å². The van der Waals surface area contributed by atoms with E-state index in [1.165, 1.54) is 12.1 Å². The van der Waals surface area contributed by atoms with Gasteiger partial charge in [-0.05, 0) is 12.1 Å². The summed E-state index contributed by atoms with van der Waals surface area (Å²) < 4.78 is 41.4. The Kier molecular flexibility index (Phi) is 5.44. The molecule has 0 heterocycles. The normalized spacial score (nSPS) is 10.7. The van der Waals surface area contributed by atoms with E-state index in [9.17, 15) is 18.0 Å². The zero-order valence-electron chi connectivity index (χ0n) is 9.33. The SMILES string of the molecule is O=C(O)c1cccc(F)c1NCCOCC(F)F. The molecule has 0 aromatic heterocycles. The first-order valence-electron chi connectivity index (χ1n) is 5.14. The third-order valence-electron chi connectivity index (χ3n) is 2.04. The number of rotatable bonds is 7. The van der Waals surface area contributed by atoms with Crippen molar-refractivity contribution in [3.05, 3.63) is 29.6 Å². The smallest absolute Gasteiger partial charge is 0.337 e. The Morgan fingerprint density at radius 1 is 1.44 bits per heavy atom. The van der Waals surface area contributed by atoms with Crippen LogP contribution in [0.15, 0.2) is 18.2 Å². The van der Waals surface area contributed by atoms with E-state index in [2.05, 4.69) is 10.1 Å². The Morgan fingerprint density at radius 3 is 2.78 bits per heavy atom. The Morgan fingerprint density at radius 2 is 2.17 bits per heavy atom. The van der Waals surface area contributed by atoms with Crippen molar-refractivity contribution in [2.75, 3.05) is 25.1 Å². The number of alkyl halides is 2. The monoisotopic (exact) mass is 263 g/mol. The highest BCUT2D eigenvalue weighted by atomic mass is 19.3. The van der Waals surface area contributed by atoms with Crippen molar-refractivity contribution in [3.8, 4) is 0 Å². The van der Waals surface area contributed by atoms with E-state index in [4.69, 9.17) is 5.11 Å². The summed E-state index contributed by atoms with van der Waals surface area (Å²) in [5, 5.41) is 11.3. The number of carbonyl (C=O) groups is 1. The second-order valence-electron chi connectivity index (χ2n) is 3.36. The Labute approximate surface area is 101 Å². The molecule has 0 unspecified atom stereocenters. The highest BCUT2D eigenvalue weighted by Gasteiger charge is 2.13. The highest BCUT2D eigenvalue weighted by molar-refractivity contribution is 5.94. The molecule has 0 aliphatic carbocycles. The zero-order valence-corrected chi connectivity index (χ0v) is 9.33. The number of halogens is 3. The van der Waals surface area contributed by atoms with Crippen LogP contribution in [0, 0.1) is 5.82 Å². The fraction of sp³-hybridized carbons (Fsp3) is 0.364. The van der Waals surface area contributed by atoms with Crippen molar-refractivity contribution in [2.45, 2.75) is 6.43 Å². The van der Waals surface area contributed by atoms with Crippen LogP contribution in [0.1, 0.15) is 10.4 Å². The third kappa shape index (κ3) is 4.25. The minimum Gasteiger partial charge on any atom is -0.478 e. The summed E-state index contributed by atoms with van der Waals surface area (Å²) >= 11 is 0. The van der Waals surface area contributed by atoms with Crippen LogP contribution in [0.2, 0.25) is 0 Å². The molecule has 0 atom stereocenters. The molecule has 0 saturated carbocycles. The van der Waals surface area contributed by atoms with Gasteiger partial charge >= 0.3 is 5.97 Å². The second-order valence-corrected chi connectivity index (χ2v) is 3.36. The molecule has 0 aliphatic rings. The average molecular weight is 263 g/mol. The first-order valence-corrected chi connectivity index (χ1v) is 5.14. The number of carboxylic acids is 1. The number of anilines is 1. The van der Waals surface area contributed by atoms with Crippen LogP contribution in [0.5, 0.6) is 0 Å². The maximum Gasteiger partial charge on any atom is 0.337 e. The van der Waals surface area contributed by atoms with E-state index < -0.39 is 24.8 Å². The highest BCUT2D eigenvalue weighted by Crippen LogP contribution is 2.19. The van der Waals surface area contributed by atoms with E-state index in [-0.39, 0.29) is 24.4 Å². The van der Waals surface area contributed by atoms with Crippen LogP contribution in [0.25, 0.3) is 0 Å². The number of ether oxygens (including phenoxy) is 1. The molecule has 4 nitrogen and oxygen atoms in total. The molecule has 18 heavy (non-hydrogen) atoms. The maximum absolute atomic E-state index is 13.4. The number of aromatic carboxylic acids is 1. The van der Waals surface area contributed by atoms with Gasteiger partial charge in [0, 0.05) is 6.54 Å². The standard InChI is InChI=1S/C11H12F3NO3/c12-8-3-1-2-7(11(16)17)10(8)15-4-5-18-6-9(13)14/h1-3,9,15H,4-6H2,(H,16,17). The second kappa shape index (κ2) is 6.85. The van der Waals surface area contributed by atoms with Gasteiger partial charge < -0.3 is 15.2 Å². The van der Waals surface area contributed by atoms with Crippen LogP contribution in [0.3, 0.4) is 0 Å². The number of benzene rings is 1. The molecule has 0 amide bonds. The molecule has 1 aromatic carbocycles. The number of hydrogen-bond acceptors (Lipinski definition) is 3. The topological polar surface area (TPSA) is 58.6 Å². The summed E-state index contributed by atoms with van der Waals surface area (Å²) in [6.07, 6.45) is -2.56. The average Bonchev–Trinajstić information content (AvgIpc) is 2.29. The zero-order chi connectivity index (χ0) is 13.5. The summed E-state index contributed by atoms with van der Waals surface area (Å²) in [4.78, 5) is 10.8. The number of carboxylic acid groups (broad SMARTS) is 1. The van der Waals surface area contributed by atoms with E-state index >= 15 is 0 Å². The van der Waals surface area contributed by atoms with Crippen LogP contribution < -0.4 is 5.32 Å². The Bertz CT molecular complexity index is 413. The third-order valence-corrected chi connectivity index (χ3v) is 2.04. The fourth-order valence-corrected chi connectivity index (χ4v) is 1.30. The van der Waals surface area contributed by atoms with Gasteiger partial charge in [0.15, 0.2) is 0 Å².